The Morgan fingerprint density at radius 1 is 1.23 bits per heavy atom. The molecule has 1 amide bonds. The summed E-state index contributed by atoms with van der Waals surface area (Å²) in [6.07, 6.45) is 3.95. The third-order valence-electron chi connectivity index (χ3n) is 6.02. The quantitative estimate of drug-likeness (QED) is 0.446. The first-order valence-electron chi connectivity index (χ1n) is 11.7. The lowest BCUT2D eigenvalue weighted by Gasteiger charge is -2.38. The Morgan fingerprint density at radius 3 is 2.66 bits per heavy atom. The molecule has 2 aromatic heterocycles. The van der Waals surface area contributed by atoms with Gasteiger partial charge in [0.2, 0.25) is 5.43 Å². The van der Waals surface area contributed by atoms with Gasteiger partial charge >= 0.3 is 0 Å². The van der Waals surface area contributed by atoms with E-state index in [1.54, 1.807) is 27.8 Å². The number of aromatic hydroxyl groups is 1. The van der Waals surface area contributed by atoms with Crippen molar-refractivity contribution in [2.75, 3.05) is 19.8 Å². The summed E-state index contributed by atoms with van der Waals surface area (Å²) < 4.78 is 20.7. The fourth-order valence-electron chi connectivity index (χ4n) is 4.06. The molecular weight excluding hydrogens is 471 g/mol. The molecule has 186 valence electrons. The minimum atomic E-state index is -0.662. The highest BCUT2D eigenvalue weighted by molar-refractivity contribution is 7.14. The van der Waals surface area contributed by atoms with E-state index in [4.69, 9.17) is 4.74 Å². The molecule has 1 N–H and O–H groups in total. The molecule has 0 saturated carbocycles. The van der Waals surface area contributed by atoms with Crippen molar-refractivity contribution in [2.45, 2.75) is 52.1 Å². The number of ether oxygens (including phenoxy) is 1. The third kappa shape index (κ3) is 5.28. The fraction of sp³-hybridized carbons (Fsp3) is 0.440. The van der Waals surface area contributed by atoms with Gasteiger partial charge < -0.3 is 19.3 Å². The van der Waals surface area contributed by atoms with Crippen molar-refractivity contribution in [3.8, 4) is 16.3 Å². The zero-order valence-electron chi connectivity index (χ0n) is 20.0. The van der Waals surface area contributed by atoms with Crippen LogP contribution in [0.4, 0.5) is 4.39 Å². The molecule has 0 fully saturated rings. The van der Waals surface area contributed by atoms with Crippen LogP contribution >= 0.6 is 11.3 Å². The van der Waals surface area contributed by atoms with E-state index in [2.05, 4.69) is 17.1 Å². The van der Waals surface area contributed by atoms with Crippen molar-refractivity contribution in [3.63, 3.8) is 0 Å². The zero-order valence-corrected chi connectivity index (χ0v) is 20.8. The first-order valence-corrected chi connectivity index (χ1v) is 12.6. The maximum absolute atomic E-state index is 13.2. The Balaban J connectivity index is 1.69. The lowest BCUT2D eigenvalue weighted by molar-refractivity contribution is 0.0436. The maximum Gasteiger partial charge on any atom is 0.274 e. The number of carbonyl (C=O) groups is 1. The highest BCUT2D eigenvalue weighted by Gasteiger charge is 2.36. The molecule has 8 nitrogen and oxygen atoms in total. The van der Waals surface area contributed by atoms with E-state index in [-0.39, 0.29) is 35.1 Å². The van der Waals surface area contributed by atoms with Crippen molar-refractivity contribution >= 4 is 17.2 Å². The van der Waals surface area contributed by atoms with E-state index in [0.717, 1.165) is 18.4 Å². The van der Waals surface area contributed by atoms with E-state index in [0.29, 0.717) is 36.2 Å². The molecule has 1 aliphatic rings. The fourth-order valence-corrected chi connectivity index (χ4v) is 4.94. The van der Waals surface area contributed by atoms with Crippen LogP contribution in [0.15, 0.2) is 35.3 Å². The molecule has 0 bridgehead atoms. The minimum Gasteiger partial charge on any atom is -0.503 e. The molecule has 4 rings (SSSR count). The van der Waals surface area contributed by atoms with Gasteiger partial charge in [-0.1, -0.05) is 36.8 Å². The predicted octanol–water partition coefficient (Wildman–Crippen LogP) is 4.02. The predicted molar refractivity (Wildman–Crippen MR) is 131 cm³/mol. The van der Waals surface area contributed by atoms with Crippen LogP contribution in [0.5, 0.6) is 5.75 Å². The second kappa shape index (κ2) is 10.7. The monoisotopic (exact) mass is 500 g/mol. The van der Waals surface area contributed by atoms with Crippen LogP contribution in [0.3, 0.4) is 0 Å². The molecule has 0 radical (unpaired) electrons. The summed E-state index contributed by atoms with van der Waals surface area (Å²) in [7, 11) is 0. The molecular formula is C25H29FN4O4S. The standard InChI is InChI=1S/C25H29FN4O4S/c1-4-5-10-34-14-18-12-29(15(2)3)25(33)21-23(32)22(31)19(13-30(18)21)24-28-27-20(35-24)11-16-6-8-17(26)9-7-16/h6-9,13,15,18,32H,4-5,10-12,14H2,1-3H3/t18-/m1/s1. The number of hydrogen-bond acceptors (Lipinski definition) is 7. The van der Waals surface area contributed by atoms with Gasteiger partial charge in [0.25, 0.3) is 5.91 Å². The lowest BCUT2D eigenvalue weighted by atomic mass is 10.1. The molecule has 1 aliphatic heterocycles. The number of amides is 1. The van der Waals surface area contributed by atoms with Crippen LogP contribution in [-0.2, 0) is 11.2 Å². The number of fused-ring (bicyclic) bond motifs is 1. The second-order valence-electron chi connectivity index (χ2n) is 8.91. The summed E-state index contributed by atoms with van der Waals surface area (Å²) in [5, 5.41) is 20.2. The van der Waals surface area contributed by atoms with Gasteiger partial charge in [0.15, 0.2) is 16.5 Å². The van der Waals surface area contributed by atoms with Crippen LogP contribution in [0, 0.1) is 5.82 Å². The van der Waals surface area contributed by atoms with E-state index < -0.39 is 11.2 Å². The van der Waals surface area contributed by atoms with Crippen LogP contribution < -0.4 is 5.43 Å². The topological polar surface area (TPSA) is 97.6 Å². The number of halogens is 1. The molecule has 35 heavy (non-hydrogen) atoms. The van der Waals surface area contributed by atoms with E-state index in [1.165, 1.54) is 23.5 Å². The Bertz CT molecular complexity index is 1260. The summed E-state index contributed by atoms with van der Waals surface area (Å²) in [5.74, 6) is -1.30. The first-order chi connectivity index (χ1) is 16.8. The van der Waals surface area contributed by atoms with Crippen molar-refractivity contribution in [2.24, 2.45) is 0 Å². The normalized spacial score (nSPS) is 15.6. The number of aromatic nitrogens is 3. The SMILES string of the molecule is CCCCOC[C@H]1CN(C(C)C)C(=O)c2c(O)c(=O)c(-c3nnc(Cc4ccc(F)cc4)s3)cn21. The van der Waals surface area contributed by atoms with Gasteiger partial charge in [0.05, 0.1) is 18.2 Å². The van der Waals surface area contributed by atoms with Gasteiger partial charge in [-0.3, -0.25) is 9.59 Å². The molecule has 0 spiro atoms. The molecule has 0 saturated heterocycles. The Hall–Kier alpha value is -3.11. The number of pyridine rings is 1. The van der Waals surface area contributed by atoms with Crippen molar-refractivity contribution in [3.05, 3.63) is 62.8 Å². The highest BCUT2D eigenvalue weighted by atomic mass is 32.1. The Labute approximate surface area is 207 Å². The highest BCUT2D eigenvalue weighted by Crippen LogP contribution is 2.31. The zero-order chi connectivity index (χ0) is 25.1. The smallest absolute Gasteiger partial charge is 0.274 e. The number of hydrogen-bond donors (Lipinski definition) is 1. The number of nitrogens with zero attached hydrogens (tertiary/aromatic N) is 4. The van der Waals surface area contributed by atoms with Crippen molar-refractivity contribution < 1.29 is 19.0 Å². The minimum absolute atomic E-state index is 0.0288. The number of rotatable bonds is 9. The van der Waals surface area contributed by atoms with E-state index >= 15 is 0 Å². The third-order valence-corrected chi connectivity index (χ3v) is 6.97. The van der Waals surface area contributed by atoms with Gasteiger partial charge in [-0.05, 0) is 38.0 Å². The average molecular weight is 501 g/mol. The molecule has 10 heteroatoms. The average Bonchev–Trinajstić information content (AvgIpc) is 3.29. The van der Waals surface area contributed by atoms with E-state index in [9.17, 15) is 19.1 Å². The largest absolute Gasteiger partial charge is 0.503 e. The summed E-state index contributed by atoms with van der Waals surface area (Å²) in [6, 6.07) is 5.74. The van der Waals surface area contributed by atoms with Crippen molar-refractivity contribution in [1.82, 2.24) is 19.7 Å². The molecule has 3 aromatic rings. The molecule has 1 aromatic carbocycles. The van der Waals surface area contributed by atoms with Gasteiger partial charge in [0, 0.05) is 31.8 Å². The maximum atomic E-state index is 13.2. The molecule has 0 aliphatic carbocycles. The lowest BCUT2D eigenvalue weighted by Crippen LogP contribution is -2.48. The van der Waals surface area contributed by atoms with Gasteiger partial charge in [0.1, 0.15) is 10.8 Å². The van der Waals surface area contributed by atoms with Gasteiger partial charge in [-0.15, -0.1) is 10.2 Å². The van der Waals surface area contributed by atoms with E-state index in [1.807, 2.05) is 13.8 Å². The Kier molecular flexibility index (Phi) is 7.61. The molecule has 3 heterocycles. The molecule has 1 atom stereocenters. The number of carbonyl (C=O) groups excluding carboxylic acids is 1. The van der Waals surface area contributed by atoms with Gasteiger partial charge in [-0.2, -0.15) is 0 Å². The van der Waals surface area contributed by atoms with Crippen molar-refractivity contribution in [1.29, 1.82) is 0 Å². The van der Waals surface area contributed by atoms with Crippen LogP contribution in [-0.4, -0.2) is 56.5 Å². The summed E-state index contributed by atoms with van der Waals surface area (Å²) in [5.41, 5.74) is 0.352. The van der Waals surface area contributed by atoms with Crippen LogP contribution in [0.2, 0.25) is 0 Å². The number of benzene rings is 1. The summed E-state index contributed by atoms with van der Waals surface area (Å²) in [4.78, 5) is 27.9. The van der Waals surface area contributed by atoms with Gasteiger partial charge in [-0.25, -0.2) is 4.39 Å². The van der Waals surface area contributed by atoms with Crippen LogP contribution in [0.25, 0.3) is 10.6 Å². The summed E-state index contributed by atoms with van der Waals surface area (Å²) in [6.45, 7) is 7.23. The molecule has 0 unspecified atom stereocenters. The second-order valence-corrected chi connectivity index (χ2v) is 9.98. The summed E-state index contributed by atoms with van der Waals surface area (Å²) >= 11 is 1.22. The Morgan fingerprint density at radius 2 is 1.97 bits per heavy atom. The van der Waals surface area contributed by atoms with Crippen LogP contribution in [0.1, 0.15) is 60.7 Å². The first kappa shape index (κ1) is 25.0. The number of unbranched alkanes of at least 4 members (excludes halogenated alkanes) is 1.